The van der Waals surface area contributed by atoms with Gasteiger partial charge in [0.05, 0.1) is 12.5 Å². The molecule has 0 bridgehead atoms. The Morgan fingerprint density at radius 3 is 2.17 bits per heavy atom. The number of anilines is 1. The Balaban J connectivity index is 1.79. The summed E-state index contributed by atoms with van der Waals surface area (Å²) in [6, 6.07) is 24.2. The lowest BCUT2D eigenvalue weighted by atomic mass is 10.0. The molecule has 4 nitrogen and oxygen atoms in total. The molecular weight excluding hydrogens is 360 g/mol. The van der Waals surface area contributed by atoms with E-state index in [0.29, 0.717) is 5.56 Å². The standard InChI is InChI=1S/C25H26N2O2/c1-3-19-16-10-11-18(2)24(19)27-23(28)17-22(20-12-6-4-7-13-20)26-25(29)21-14-8-5-9-15-21/h4-16,22H,3,17H2,1-2H3,(H,26,29)(H,27,28)/t22-/m0/s1. The van der Waals surface area contributed by atoms with Crippen LogP contribution in [0.2, 0.25) is 0 Å². The Bertz CT molecular complexity index is 969. The van der Waals surface area contributed by atoms with Crippen molar-refractivity contribution in [1.29, 1.82) is 0 Å². The van der Waals surface area contributed by atoms with E-state index >= 15 is 0 Å². The van der Waals surface area contributed by atoms with E-state index in [-0.39, 0.29) is 18.2 Å². The molecule has 0 aliphatic rings. The van der Waals surface area contributed by atoms with Crippen molar-refractivity contribution in [3.63, 3.8) is 0 Å². The number of amides is 2. The molecule has 0 aliphatic carbocycles. The summed E-state index contributed by atoms with van der Waals surface area (Å²) in [6.45, 7) is 4.05. The van der Waals surface area contributed by atoms with Gasteiger partial charge in [-0.05, 0) is 42.2 Å². The van der Waals surface area contributed by atoms with Gasteiger partial charge >= 0.3 is 0 Å². The van der Waals surface area contributed by atoms with Crippen LogP contribution in [0.4, 0.5) is 5.69 Å². The molecule has 3 rings (SSSR count). The molecule has 4 heteroatoms. The highest BCUT2D eigenvalue weighted by atomic mass is 16.2. The fourth-order valence-corrected chi connectivity index (χ4v) is 3.35. The van der Waals surface area contributed by atoms with Crippen molar-refractivity contribution in [1.82, 2.24) is 5.32 Å². The smallest absolute Gasteiger partial charge is 0.251 e. The summed E-state index contributed by atoms with van der Waals surface area (Å²) in [7, 11) is 0. The zero-order valence-corrected chi connectivity index (χ0v) is 16.8. The summed E-state index contributed by atoms with van der Waals surface area (Å²) in [5.41, 5.74) is 4.46. The van der Waals surface area contributed by atoms with Crippen LogP contribution in [0.15, 0.2) is 78.9 Å². The third kappa shape index (κ3) is 5.32. The third-order valence-corrected chi connectivity index (χ3v) is 4.94. The Morgan fingerprint density at radius 2 is 1.52 bits per heavy atom. The van der Waals surface area contributed by atoms with Crippen LogP contribution < -0.4 is 10.6 Å². The highest BCUT2D eigenvalue weighted by Gasteiger charge is 2.20. The summed E-state index contributed by atoms with van der Waals surface area (Å²) in [6.07, 6.45) is 0.990. The first-order valence-corrected chi connectivity index (χ1v) is 9.87. The molecular formula is C25H26N2O2. The maximum Gasteiger partial charge on any atom is 0.251 e. The highest BCUT2D eigenvalue weighted by Crippen LogP contribution is 2.23. The van der Waals surface area contributed by atoms with E-state index in [1.807, 2.05) is 73.7 Å². The molecule has 0 saturated heterocycles. The molecule has 0 saturated carbocycles. The normalized spacial score (nSPS) is 11.5. The van der Waals surface area contributed by atoms with Gasteiger partial charge in [0.25, 0.3) is 5.91 Å². The van der Waals surface area contributed by atoms with Crippen molar-refractivity contribution < 1.29 is 9.59 Å². The molecule has 3 aromatic carbocycles. The second kappa shape index (κ2) is 9.69. The average Bonchev–Trinajstić information content (AvgIpc) is 2.76. The number of aryl methyl sites for hydroxylation is 2. The van der Waals surface area contributed by atoms with Gasteiger partial charge in [-0.1, -0.05) is 73.7 Å². The largest absolute Gasteiger partial charge is 0.345 e. The van der Waals surface area contributed by atoms with Gasteiger partial charge in [-0.2, -0.15) is 0 Å². The van der Waals surface area contributed by atoms with Gasteiger partial charge in [0.15, 0.2) is 0 Å². The average molecular weight is 386 g/mol. The maximum atomic E-state index is 12.9. The molecule has 148 valence electrons. The predicted octanol–water partition coefficient (Wildman–Crippen LogP) is 5.06. The summed E-state index contributed by atoms with van der Waals surface area (Å²) in [5.74, 6) is -0.325. The van der Waals surface area contributed by atoms with Gasteiger partial charge in [-0.15, -0.1) is 0 Å². The number of nitrogens with one attached hydrogen (secondary N) is 2. The van der Waals surface area contributed by atoms with Crippen molar-refractivity contribution in [3.8, 4) is 0 Å². The number of hydrogen-bond acceptors (Lipinski definition) is 2. The van der Waals surface area contributed by atoms with E-state index in [1.54, 1.807) is 12.1 Å². The number of carbonyl (C=O) groups is 2. The molecule has 2 amide bonds. The maximum absolute atomic E-state index is 12.9. The number of rotatable bonds is 7. The molecule has 0 spiro atoms. The minimum atomic E-state index is -0.419. The minimum Gasteiger partial charge on any atom is -0.345 e. The fraction of sp³-hybridized carbons (Fsp3) is 0.200. The van der Waals surface area contributed by atoms with E-state index in [1.165, 1.54) is 0 Å². The zero-order chi connectivity index (χ0) is 20.6. The van der Waals surface area contributed by atoms with Gasteiger partial charge in [0.1, 0.15) is 0 Å². The lowest BCUT2D eigenvalue weighted by Gasteiger charge is -2.20. The lowest BCUT2D eigenvalue weighted by molar-refractivity contribution is -0.116. The van der Waals surface area contributed by atoms with Crippen molar-refractivity contribution >= 4 is 17.5 Å². The topological polar surface area (TPSA) is 58.2 Å². The van der Waals surface area contributed by atoms with Crippen molar-refractivity contribution in [3.05, 3.63) is 101 Å². The van der Waals surface area contributed by atoms with Crippen LogP contribution in [0.3, 0.4) is 0 Å². The van der Waals surface area contributed by atoms with Crippen LogP contribution in [0, 0.1) is 6.92 Å². The van der Waals surface area contributed by atoms with Crippen LogP contribution in [0.5, 0.6) is 0 Å². The summed E-state index contributed by atoms with van der Waals surface area (Å²) < 4.78 is 0. The van der Waals surface area contributed by atoms with Crippen LogP contribution >= 0.6 is 0 Å². The second-order valence-electron chi connectivity index (χ2n) is 7.02. The Kier molecular flexibility index (Phi) is 6.80. The first-order valence-electron chi connectivity index (χ1n) is 9.87. The van der Waals surface area contributed by atoms with E-state index < -0.39 is 6.04 Å². The highest BCUT2D eigenvalue weighted by molar-refractivity contribution is 5.96. The first-order chi connectivity index (χ1) is 14.1. The zero-order valence-electron chi connectivity index (χ0n) is 16.8. The van der Waals surface area contributed by atoms with Crippen LogP contribution in [0.1, 0.15) is 46.4 Å². The monoisotopic (exact) mass is 386 g/mol. The summed E-state index contributed by atoms with van der Waals surface area (Å²) in [5, 5.41) is 6.06. The molecule has 0 aromatic heterocycles. The predicted molar refractivity (Wildman–Crippen MR) is 117 cm³/mol. The van der Waals surface area contributed by atoms with Gasteiger partial charge in [-0.3, -0.25) is 9.59 Å². The lowest BCUT2D eigenvalue weighted by Crippen LogP contribution is -2.31. The van der Waals surface area contributed by atoms with Crippen molar-refractivity contribution in [2.45, 2.75) is 32.7 Å². The quantitative estimate of drug-likeness (QED) is 0.596. The summed E-state index contributed by atoms with van der Waals surface area (Å²) in [4.78, 5) is 25.6. The number of hydrogen-bond donors (Lipinski definition) is 2. The van der Waals surface area contributed by atoms with Gasteiger partial charge in [0.2, 0.25) is 5.91 Å². The van der Waals surface area contributed by atoms with Crippen LogP contribution in [0.25, 0.3) is 0 Å². The first kappa shape index (κ1) is 20.3. The number of benzene rings is 3. The molecule has 0 heterocycles. The SMILES string of the molecule is CCc1cccc(C)c1NC(=O)C[C@H](NC(=O)c1ccccc1)c1ccccc1. The molecule has 0 unspecified atom stereocenters. The third-order valence-electron chi connectivity index (χ3n) is 4.94. The van der Waals surface area contributed by atoms with Gasteiger partial charge in [0, 0.05) is 11.3 Å². The summed E-state index contributed by atoms with van der Waals surface area (Å²) >= 11 is 0. The van der Waals surface area contributed by atoms with E-state index in [2.05, 4.69) is 17.6 Å². The van der Waals surface area contributed by atoms with E-state index in [9.17, 15) is 9.59 Å². The molecule has 3 aromatic rings. The Hall–Kier alpha value is -3.40. The molecule has 1 atom stereocenters. The Labute approximate surface area is 172 Å². The molecule has 0 radical (unpaired) electrons. The second-order valence-corrected chi connectivity index (χ2v) is 7.02. The van der Waals surface area contributed by atoms with E-state index in [4.69, 9.17) is 0 Å². The van der Waals surface area contributed by atoms with Crippen LogP contribution in [-0.2, 0) is 11.2 Å². The van der Waals surface area contributed by atoms with Gasteiger partial charge < -0.3 is 10.6 Å². The molecule has 2 N–H and O–H groups in total. The molecule has 0 aliphatic heterocycles. The molecule has 29 heavy (non-hydrogen) atoms. The fourth-order valence-electron chi connectivity index (χ4n) is 3.35. The Morgan fingerprint density at radius 1 is 0.862 bits per heavy atom. The van der Waals surface area contributed by atoms with Crippen molar-refractivity contribution in [2.75, 3.05) is 5.32 Å². The number of para-hydroxylation sites is 1. The van der Waals surface area contributed by atoms with E-state index in [0.717, 1.165) is 28.8 Å². The molecule has 0 fully saturated rings. The number of carbonyl (C=O) groups excluding carboxylic acids is 2. The van der Waals surface area contributed by atoms with Crippen molar-refractivity contribution in [2.24, 2.45) is 0 Å². The van der Waals surface area contributed by atoms with Crippen LogP contribution in [-0.4, -0.2) is 11.8 Å². The van der Waals surface area contributed by atoms with Gasteiger partial charge in [-0.25, -0.2) is 0 Å². The minimum absolute atomic E-state index is 0.129.